The van der Waals surface area contributed by atoms with E-state index in [1.807, 2.05) is 0 Å². The first-order valence-corrected chi connectivity index (χ1v) is 10.1. The van der Waals surface area contributed by atoms with Crippen molar-refractivity contribution < 1.29 is 27.6 Å². The largest absolute Gasteiger partial charge is 0.370 e. The van der Waals surface area contributed by atoms with E-state index in [0.717, 1.165) is 10.5 Å². The van der Waals surface area contributed by atoms with Crippen LogP contribution < -0.4 is 5.73 Å². The third kappa shape index (κ3) is 3.67. The van der Waals surface area contributed by atoms with E-state index in [0.29, 0.717) is 0 Å². The van der Waals surface area contributed by atoms with Crippen LogP contribution in [-0.2, 0) is 24.4 Å². The Kier molecular flexibility index (Phi) is 5.57. The molecule has 0 saturated carbocycles. The maximum Gasteiger partial charge on any atom is 0.293 e. The number of amides is 2. The van der Waals surface area contributed by atoms with Crippen LogP contribution in [0.1, 0.15) is 29.6 Å². The van der Waals surface area contributed by atoms with E-state index in [9.17, 15) is 27.6 Å². The first kappa shape index (κ1) is 20.1. The van der Waals surface area contributed by atoms with Crippen LogP contribution in [0.25, 0.3) is 0 Å². The maximum atomic E-state index is 12.8. The average Bonchev–Trinajstić information content (AvgIpc) is 3.23. The van der Waals surface area contributed by atoms with Gasteiger partial charge in [-0.2, -0.15) is 4.31 Å². The molecule has 2 aliphatic rings. The van der Waals surface area contributed by atoms with Crippen molar-refractivity contribution in [3.05, 3.63) is 36.5 Å². The number of aromatic nitrogens is 1. The minimum atomic E-state index is -4.43. The number of pyridine rings is 1. The van der Waals surface area contributed by atoms with Crippen LogP contribution in [0.2, 0.25) is 0 Å². The summed E-state index contributed by atoms with van der Waals surface area (Å²) in [4.78, 5) is 53.1. The summed E-state index contributed by atoms with van der Waals surface area (Å²) >= 11 is 0. The molecule has 149 valence electrons. The minimum absolute atomic E-state index is 0.00173. The molecule has 3 rings (SSSR count). The number of hydrogen-bond donors (Lipinski definition) is 1. The molecule has 1 radical (unpaired) electrons. The molecule has 0 spiro atoms. The van der Waals surface area contributed by atoms with Gasteiger partial charge < -0.3 is 10.6 Å². The quantitative estimate of drug-likeness (QED) is 0.628. The zero-order chi connectivity index (χ0) is 20.5. The second-order valence-corrected chi connectivity index (χ2v) is 8.38. The Morgan fingerprint density at radius 1 is 1.32 bits per heavy atom. The Bertz CT molecular complexity index is 917. The van der Waals surface area contributed by atoms with Gasteiger partial charge in [0.15, 0.2) is 5.78 Å². The number of nitrogens with zero attached hydrogens (tertiary/aromatic N) is 3. The third-order valence-electron chi connectivity index (χ3n) is 4.81. The van der Waals surface area contributed by atoms with Crippen LogP contribution in [0.4, 0.5) is 0 Å². The van der Waals surface area contributed by atoms with Crippen LogP contribution in [0.15, 0.2) is 24.5 Å². The molecule has 2 amide bonds. The third-order valence-corrected chi connectivity index (χ3v) is 6.53. The molecule has 0 aliphatic carbocycles. The second kappa shape index (κ2) is 7.76. The fourth-order valence-corrected chi connectivity index (χ4v) is 5.04. The Hall–Kier alpha value is -2.66. The number of hydrogen-bond acceptors (Lipinski definition) is 7. The lowest BCUT2D eigenvalue weighted by Gasteiger charge is -2.23. The molecule has 1 aromatic heterocycles. The summed E-state index contributed by atoms with van der Waals surface area (Å²) in [5, 5.41) is -1.13. The van der Waals surface area contributed by atoms with Crippen molar-refractivity contribution >= 4 is 32.7 Å². The van der Waals surface area contributed by atoms with E-state index in [-0.39, 0.29) is 31.4 Å². The monoisotopic (exact) mass is 407 g/mol. The van der Waals surface area contributed by atoms with Gasteiger partial charge in [0.1, 0.15) is 6.04 Å². The summed E-state index contributed by atoms with van der Waals surface area (Å²) < 4.78 is 26.4. The highest BCUT2D eigenvalue weighted by Crippen LogP contribution is 2.33. The van der Waals surface area contributed by atoms with Gasteiger partial charge in [-0.1, -0.05) is 0 Å². The van der Waals surface area contributed by atoms with Crippen molar-refractivity contribution in [3.63, 3.8) is 0 Å². The summed E-state index contributed by atoms with van der Waals surface area (Å²) in [7, 11) is -4.43. The second-order valence-electron chi connectivity index (χ2n) is 6.59. The van der Waals surface area contributed by atoms with Crippen LogP contribution in [-0.4, -0.2) is 70.5 Å². The van der Waals surface area contributed by atoms with E-state index in [4.69, 9.17) is 5.73 Å². The number of rotatable bonds is 6. The molecule has 2 fully saturated rings. The zero-order valence-electron chi connectivity index (χ0n) is 14.9. The lowest BCUT2D eigenvalue weighted by Crippen LogP contribution is -2.44. The molecule has 2 atom stereocenters. The topological polar surface area (TPSA) is 148 Å². The van der Waals surface area contributed by atoms with Gasteiger partial charge in [0, 0.05) is 25.4 Å². The normalized spacial score (nSPS) is 22.3. The molecular formula is C17H19N4O6S. The minimum Gasteiger partial charge on any atom is -0.370 e. The number of carbonyl (C=O) groups excluding carboxylic acids is 4. The van der Waals surface area contributed by atoms with Crippen molar-refractivity contribution in [3.8, 4) is 0 Å². The number of fused-ring (bicyclic) bond motifs is 1. The molecule has 1 aromatic rings. The number of likely N-dealkylation sites (tertiary alicyclic amines) is 1. The van der Waals surface area contributed by atoms with Crippen molar-refractivity contribution in [2.75, 3.05) is 13.1 Å². The van der Waals surface area contributed by atoms with E-state index in [1.165, 1.54) is 29.7 Å². The number of primary amides is 1. The molecule has 2 unspecified atom stereocenters. The molecule has 10 nitrogen and oxygen atoms in total. The highest BCUT2D eigenvalue weighted by molar-refractivity contribution is 8.04. The van der Waals surface area contributed by atoms with Crippen LogP contribution in [0.3, 0.4) is 0 Å². The molecule has 11 heteroatoms. The number of nitrogens with two attached hydrogens (primary N) is 1. The first-order valence-electron chi connectivity index (χ1n) is 8.64. The average molecular weight is 407 g/mol. The Balaban J connectivity index is 1.75. The summed E-state index contributed by atoms with van der Waals surface area (Å²) in [6, 6.07) is 1.05. The van der Waals surface area contributed by atoms with Gasteiger partial charge in [-0.25, -0.2) is 8.42 Å². The molecule has 0 bridgehead atoms. The van der Waals surface area contributed by atoms with Gasteiger partial charge in [-0.15, -0.1) is 0 Å². The van der Waals surface area contributed by atoms with E-state index < -0.39 is 51.4 Å². The summed E-state index contributed by atoms with van der Waals surface area (Å²) in [6.45, 7) is -0.283. The van der Waals surface area contributed by atoms with E-state index in [2.05, 4.69) is 4.98 Å². The summed E-state index contributed by atoms with van der Waals surface area (Å²) in [6.07, 6.45) is 4.20. The maximum absolute atomic E-state index is 12.8. The zero-order valence-corrected chi connectivity index (χ0v) is 15.7. The standard InChI is InChI=1S/C17H19N4O6S/c18-14(23)4-1-5-15(24)20-8-6-12-16(20)13(22)10-21(12)28(26,27)17(25)11-3-2-7-19-9-11/h2-3,5,7,9,12,16H,1,4,6,8,10H2,(H2,18,23). The van der Waals surface area contributed by atoms with E-state index >= 15 is 0 Å². The van der Waals surface area contributed by atoms with Gasteiger partial charge in [-0.3, -0.25) is 24.2 Å². The number of Topliss-reactive ketones (excluding diaryl/α,β-unsaturated/α-hetero) is 1. The molecule has 2 aliphatic heterocycles. The van der Waals surface area contributed by atoms with Crippen LogP contribution in [0.5, 0.6) is 0 Å². The van der Waals surface area contributed by atoms with Crippen molar-refractivity contribution in [1.82, 2.24) is 14.2 Å². The Labute approximate surface area is 161 Å². The fraction of sp³-hybridized carbons (Fsp3) is 0.412. The van der Waals surface area contributed by atoms with Crippen molar-refractivity contribution in [2.24, 2.45) is 5.73 Å². The Morgan fingerprint density at radius 3 is 2.71 bits per heavy atom. The molecule has 28 heavy (non-hydrogen) atoms. The van der Waals surface area contributed by atoms with Crippen LogP contribution in [0, 0.1) is 6.42 Å². The van der Waals surface area contributed by atoms with Gasteiger partial charge in [0.25, 0.3) is 15.1 Å². The molecule has 3 heterocycles. The number of carbonyl (C=O) groups is 4. The van der Waals surface area contributed by atoms with Gasteiger partial charge in [-0.05, 0) is 25.0 Å². The van der Waals surface area contributed by atoms with Gasteiger partial charge in [0.2, 0.25) is 11.8 Å². The number of sulfonamides is 1. The lowest BCUT2D eigenvalue weighted by atomic mass is 10.1. The van der Waals surface area contributed by atoms with Crippen LogP contribution >= 0.6 is 0 Å². The van der Waals surface area contributed by atoms with Crippen molar-refractivity contribution in [1.29, 1.82) is 0 Å². The number of ketones is 1. The van der Waals surface area contributed by atoms with Crippen molar-refractivity contribution in [2.45, 2.75) is 31.3 Å². The van der Waals surface area contributed by atoms with E-state index in [1.54, 1.807) is 0 Å². The molecule has 2 saturated heterocycles. The highest BCUT2D eigenvalue weighted by Gasteiger charge is 2.54. The smallest absolute Gasteiger partial charge is 0.293 e. The summed E-state index contributed by atoms with van der Waals surface area (Å²) in [5.41, 5.74) is 4.94. The fourth-order valence-electron chi connectivity index (χ4n) is 3.53. The molecule has 0 aromatic carbocycles. The predicted octanol–water partition coefficient (Wildman–Crippen LogP) is -1.12. The SMILES string of the molecule is NC(=O)CC[CH]C(=O)N1CCC2C1C(=O)CN2S(=O)(=O)C(=O)c1cccnc1. The van der Waals surface area contributed by atoms with Gasteiger partial charge in [0.05, 0.1) is 24.6 Å². The first-order chi connectivity index (χ1) is 13.2. The highest BCUT2D eigenvalue weighted by atomic mass is 32.2. The lowest BCUT2D eigenvalue weighted by molar-refractivity contribution is -0.133. The molecule has 2 N–H and O–H groups in total. The summed E-state index contributed by atoms with van der Waals surface area (Å²) in [5.74, 6) is -1.45. The predicted molar refractivity (Wildman–Crippen MR) is 95.8 cm³/mol. The van der Waals surface area contributed by atoms with Gasteiger partial charge >= 0.3 is 0 Å². The molecular weight excluding hydrogens is 388 g/mol. The Morgan fingerprint density at radius 2 is 2.07 bits per heavy atom.